The number of benzene rings is 1. The lowest BCUT2D eigenvalue weighted by Crippen LogP contribution is -2.10. The summed E-state index contributed by atoms with van der Waals surface area (Å²) in [4.78, 5) is 0. The molecule has 1 aromatic rings. The summed E-state index contributed by atoms with van der Waals surface area (Å²) in [5.41, 5.74) is 1.65. The van der Waals surface area contributed by atoms with Crippen molar-refractivity contribution in [2.24, 2.45) is 5.92 Å². The fourth-order valence-corrected chi connectivity index (χ4v) is 2.66. The number of aliphatic hydroxyl groups excluding tert-OH is 1. The highest BCUT2D eigenvalue weighted by Gasteiger charge is 2.52. The molecule has 1 fully saturated rings. The van der Waals surface area contributed by atoms with Gasteiger partial charge in [-0.05, 0) is 36.5 Å². The van der Waals surface area contributed by atoms with Crippen molar-refractivity contribution in [1.82, 2.24) is 0 Å². The van der Waals surface area contributed by atoms with Gasteiger partial charge < -0.3 is 5.11 Å². The van der Waals surface area contributed by atoms with Crippen LogP contribution < -0.4 is 0 Å². The second-order valence-corrected chi connectivity index (χ2v) is 5.02. The Balaban J connectivity index is 2.26. The van der Waals surface area contributed by atoms with Crippen LogP contribution in [0.25, 0.3) is 0 Å². The third-order valence-corrected chi connectivity index (χ3v) is 4.03. The van der Waals surface area contributed by atoms with E-state index in [9.17, 15) is 5.11 Å². The van der Waals surface area contributed by atoms with Gasteiger partial charge in [0.25, 0.3) is 0 Å². The van der Waals surface area contributed by atoms with E-state index in [4.69, 9.17) is 0 Å². The van der Waals surface area contributed by atoms with E-state index in [2.05, 4.69) is 47.1 Å². The van der Waals surface area contributed by atoms with Crippen LogP contribution >= 0.6 is 15.9 Å². The van der Waals surface area contributed by atoms with Gasteiger partial charge in [0.15, 0.2) is 0 Å². The maximum atomic E-state index is 9.18. The lowest BCUT2D eigenvalue weighted by molar-refractivity contribution is 0.262. The highest BCUT2D eigenvalue weighted by Crippen LogP contribution is 2.56. The number of hydrogen-bond donors (Lipinski definition) is 1. The third-order valence-electron chi connectivity index (χ3n) is 3.50. The van der Waals surface area contributed by atoms with E-state index >= 15 is 0 Å². The van der Waals surface area contributed by atoms with Crippen LogP contribution in [0.5, 0.6) is 0 Å². The van der Waals surface area contributed by atoms with Crippen molar-refractivity contribution in [3.05, 3.63) is 34.3 Å². The van der Waals surface area contributed by atoms with Crippen molar-refractivity contribution in [2.75, 3.05) is 6.61 Å². The van der Waals surface area contributed by atoms with Crippen molar-refractivity contribution in [3.63, 3.8) is 0 Å². The normalized spacial score (nSPS) is 30.4. The lowest BCUT2D eigenvalue weighted by Gasteiger charge is -2.15. The molecule has 2 rings (SSSR count). The van der Waals surface area contributed by atoms with Crippen molar-refractivity contribution in [1.29, 1.82) is 0 Å². The molecule has 0 bridgehead atoms. The Morgan fingerprint density at radius 2 is 2.07 bits per heavy atom. The number of rotatable bonds is 3. The molecule has 2 atom stereocenters. The summed E-state index contributed by atoms with van der Waals surface area (Å²) in [6, 6.07) is 8.51. The first-order valence-corrected chi connectivity index (χ1v) is 5.89. The minimum atomic E-state index is 0.273. The van der Waals surface area contributed by atoms with Crippen LogP contribution in [0.15, 0.2) is 28.7 Å². The van der Waals surface area contributed by atoms with Crippen LogP contribution in [0.1, 0.15) is 25.3 Å². The van der Waals surface area contributed by atoms with Gasteiger partial charge in [0.05, 0.1) is 0 Å². The molecule has 0 radical (unpaired) electrons. The van der Waals surface area contributed by atoms with Crippen LogP contribution in [0, 0.1) is 5.92 Å². The average Bonchev–Trinajstić information content (AvgIpc) is 2.94. The van der Waals surface area contributed by atoms with Crippen molar-refractivity contribution in [2.45, 2.75) is 25.2 Å². The Labute approximate surface area is 93.3 Å². The van der Waals surface area contributed by atoms with Crippen molar-refractivity contribution >= 4 is 15.9 Å². The molecular weight excluding hydrogens is 240 g/mol. The molecule has 0 saturated heterocycles. The predicted molar refractivity (Wildman–Crippen MR) is 61.3 cm³/mol. The molecule has 0 aromatic heterocycles. The van der Waals surface area contributed by atoms with Crippen molar-refractivity contribution < 1.29 is 5.11 Å². The minimum Gasteiger partial charge on any atom is -0.396 e. The highest BCUT2D eigenvalue weighted by atomic mass is 79.9. The fraction of sp³-hybridized carbons (Fsp3) is 0.500. The van der Waals surface area contributed by atoms with Crippen LogP contribution in [-0.4, -0.2) is 11.7 Å². The number of aliphatic hydroxyl groups is 1. The Hall–Kier alpha value is -0.340. The van der Waals surface area contributed by atoms with Gasteiger partial charge in [-0.25, -0.2) is 0 Å². The second-order valence-electron chi connectivity index (χ2n) is 4.10. The molecule has 0 amide bonds. The summed E-state index contributed by atoms with van der Waals surface area (Å²) in [5.74, 6) is 0.480. The Kier molecular flexibility index (Phi) is 2.67. The molecule has 1 aliphatic rings. The smallest absolute Gasteiger partial charge is 0.0468 e. The maximum Gasteiger partial charge on any atom is 0.0468 e. The van der Waals surface area contributed by atoms with E-state index in [0.717, 1.165) is 17.3 Å². The molecule has 0 spiro atoms. The summed E-state index contributed by atoms with van der Waals surface area (Å²) in [7, 11) is 0. The van der Waals surface area contributed by atoms with Gasteiger partial charge in [0.2, 0.25) is 0 Å². The first kappa shape index (κ1) is 10.2. The summed E-state index contributed by atoms with van der Waals surface area (Å²) >= 11 is 3.44. The summed E-state index contributed by atoms with van der Waals surface area (Å²) in [5, 5.41) is 9.18. The van der Waals surface area contributed by atoms with Gasteiger partial charge in [-0.1, -0.05) is 35.0 Å². The number of hydrogen-bond acceptors (Lipinski definition) is 1. The first-order valence-electron chi connectivity index (χ1n) is 5.10. The van der Waals surface area contributed by atoms with Crippen LogP contribution in [-0.2, 0) is 5.41 Å². The summed E-state index contributed by atoms with van der Waals surface area (Å²) in [6.07, 6.45) is 2.27. The molecule has 14 heavy (non-hydrogen) atoms. The zero-order chi connectivity index (χ0) is 10.2. The third kappa shape index (κ3) is 1.51. The average molecular weight is 255 g/mol. The molecule has 1 saturated carbocycles. The van der Waals surface area contributed by atoms with Gasteiger partial charge in [-0.2, -0.15) is 0 Å². The molecular formula is C12H15BrO. The standard InChI is InChI=1S/C12H15BrO/c1-2-12(7-10(12)8-14)9-3-5-11(13)6-4-9/h3-6,10,14H,2,7-8H2,1H3. The van der Waals surface area contributed by atoms with E-state index in [1.807, 2.05) is 0 Å². The van der Waals surface area contributed by atoms with Gasteiger partial charge in [0, 0.05) is 16.5 Å². The summed E-state index contributed by atoms with van der Waals surface area (Å²) < 4.78 is 1.12. The fourth-order valence-electron chi connectivity index (χ4n) is 2.39. The van der Waals surface area contributed by atoms with Gasteiger partial charge in [0.1, 0.15) is 0 Å². The predicted octanol–water partition coefficient (Wildman–Crippen LogP) is 3.11. The van der Waals surface area contributed by atoms with E-state index in [1.165, 1.54) is 5.56 Å². The monoisotopic (exact) mass is 254 g/mol. The second kappa shape index (κ2) is 3.67. The maximum absolute atomic E-state index is 9.18. The zero-order valence-corrected chi connectivity index (χ0v) is 9.92. The summed E-state index contributed by atoms with van der Waals surface area (Å²) in [6.45, 7) is 2.53. The Bertz CT molecular complexity index is 320. The van der Waals surface area contributed by atoms with E-state index < -0.39 is 0 Å². The van der Waals surface area contributed by atoms with Crippen molar-refractivity contribution in [3.8, 4) is 0 Å². The van der Waals surface area contributed by atoms with Gasteiger partial charge in [-0.15, -0.1) is 0 Å². The molecule has 2 unspecified atom stereocenters. The molecule has 0 aliphatic heterocycles. The molecule has 76 valence electrons. The largest absolute Gasteiger partial charge is 0.396 e. The SMILES string of the molecule is CCC1(c2ccc(Br)cc2)CC1CO. The van der Waals surface area contributed by atoms with Crippen LogP contribution in [0.4, 0.5) is 0 Å². The van der Waals surface area contributed by atoms with E-state index in [-0.39, 0.29) is 5.41 Å². The quantitative estimate of drug-likeness (QED) is 0.879. The highest BCUT2D eigenvalue weighted by molar-refractivity contribution is 9.10. The Morgan fingerprint density at radius 3 is 2.50 bits per heavy atom. The minimum absolute atomic E-state index is 0.273. The molecule has 1 nitrogen and oxygen atoms in total. The molecule has 1 aliphatic carbocycles. The number of halogens is 1. The lowest BCUT2D eigenvalue weighted by atomic mass is 9.91. The van der Waals surface area contributed by atoms with Crippen LogP contribution in [0.2, 0.25) is 0 Å². The molecule has 1 aromatic carbocycles. The topological polar surface area (TPSA) is 20.2 Å². The Morgan fingerprint density at radius 1 is 1.43 bits per heavy atom. The molecule has 1 N–H and O–H groups in total. The molecule has 0 heterocycles. The van der Waals surface area contributed by atoms with E-state index in [0.29, 0.717) is 12.5 Å². The first-order chi connectivity index (χ1) is 6.73. The zero-order valence-electron chi connectivity index (χ0n) is 8.33. The van der Waals surface area contributed by atoms with E-state index in [1.54, 1.807) is 0 Å². The van der Waals surface area contributed by atoms with Gasteiger partial charge >= 0.3 is 0 Å². The molecule has 2 heteroatoms. The van der Waals surface area contributed by atoms with Gasteiger partial charge in [-0.3, -0.25) is 0 Å². The van der Waals surface area contributed by atoms with Crippen LogP contribution in [0.3, 0.4) is 0 Å².